The summed E-state index contributed by atoms with van der Waals surface area (Å²) in [5.41, 5.74) is 11.9. The van der Waals surface area contributed by atoms with Crippen molar-refractivity contribution in [3.63, 3.8) is 0 Å². The second-order valence-electron chi connectivity index (χ2n) is 33.9. The Morgan fingerprint density at radius 1 is 0.496 bits per heavy atom. The van der Waals surface area contributed by atoms with Crippen molar-refractivity contribution in [2.75, 3.05) is 21.3 Å². The fourth-order valence-electron chi connectivity index (χ4n) is 12.4. The molecule has 15 rings (SSSR count). The largest absolute Gasteiger partial charge is 0.471 e. The van der Waals surface area contributed by atoms with Gasteiger partial charge in [0.2, 0.25) is 17.7 Å². The lowest BCUT2D eigenvalue weighted by Crippen LogP contribution is -2.43. The summed E-state index contributed by atoms with van der Waals surface area (Å²) < 4.78 is 20.5. The first-order valence-electron chi connectivity index (χ1n) is 43.4. The maximum atomic E-state index is 12.6. The van der Waals surface area contributed by atoms with Crippen LogP contribution in [0.3, 0.4) is 0 Å². The number of aryl methyl sites for hydroxylation is 1. The number of carbonyl (C=O) groups is 5. The second-order valence-corrected chi connectivity index (χ2v) is 33.9. The van der Waals surface area contributed by atoms with Crippen LogP contribution >= 0.6 is 0 Å². The lowest BCUT2D eigenvalue weighted by atomic mass is 9.97. The highest BCUT2D eigenvalue weighted by atomic mass is 16.5. The molecule has 0 radical (unpaired) electrons. The van der Waals surface area contributed by atoms with Crippen molar-refractivity contribution in [1.29, 1.82) is 0 Å². The Labute approximate surface area is 775 Å². The number of aliphatic imine (C=N–C) groups is 1. The van der Waals surface area contributed by atoms with Crippen molar-refractivity contribution >= 4 is 105 Å². The van der Waals surface area contributed by atoms with Gasteiger partial charge >= 0.3 is 29.4 Å². The highest BCUT2D eigenvalue weighted by molar-refractivity contribution is 6.06. The summed E-state index contributed by atoms with van der Waals surface area (Å²) in [6, 6.07) is 47.9. The molecule has 7 N–H and O–H groups in total. The van der Waals surface area contributed by atoms with E-state index in [0.29, 0.717) is 68.5 Å². The SMILES string of the molecule is C=C(Nc1ccn(C(C)C)c(=O)n1)c1ccccc1.C=C(Nc1nc(=O)n(C(C)C)cc1C)c1ccccc1.C=C1C=CN(C(C)C)C(=O)N1.C=C1NC(=O)N(C(C)C)C=C1C.C=C1NC=Nc2c1ncn2C(C)C.CC(C)n1cnc2c(NC(=O)c3ccccc3)ncnc21.CC(C)n1cnc2c(OCc3ccc(OC(=O)C(C)(C)C)cc3)nc(NC(=O)Cc3ccccc3)nc21. The summed E-state index contributed by atoms with van der Waals surface area (Å²) in [6.07, 6.45) is 17.4. The first kappa shape index (κ1) is 101. The molecule has 694 valence electrons. The van der Waals surface area contributed by atoms with Crippen LogP contribution in [-0.2, 0) is 22.6 Å². The van der Waals surface area contributed by atoms with E-state index in [-0.39, 0.29) is 102 Å². The molecule has 0 saturated carbocycles. The molecule has 0 spiro atoms. The smallest absolute Gasteiger partial charge is 0.349 e. The minimum Gasteiger partial charge on any atom is -0.471 e. The van der Waals surface area contributed by atoms with E-state index >= 15 is 0 Å². The third-order valence-corrected chi connectivity index (χ3v) is 20.0. The molecule has 7 aromatic heterocycles. The number of imidazole rings is 3. The zero-order valence-corrected chi connectivity index (χ0v) is 79.0. The first-order valence-corrected chi connectivity index (χ1v) is 43.4. The zero-order valence-electron chi connectivity index (χ0n) is 79.0. The molecule has 33 heteroatoms. The molecule has 3 aliphatic heterocycles. The van der Waals surface area contributed by atoms with Gasteiger partial charge in [-0.3, -0.25) is 38.6 Å². The number of allylic oxidation sites excluding steroid dienone is 2. The van der Waals surface area contributed by atoms with Gasteiger partial charge in [0, 0.05) is 101 Å². The van der Waals surface area contributed by atoms with Gasteiger partial charge in [0.15, 0.2) is 34.0 Å². The highest BCUT2D eigenvalue weighted by Crippen LogP contribution is 2.31. The van der Waals surface area contributed by atoms with Crippen LogP contribution in [-0.4, -0.2) is 126 Å². The highest BCUT2D eigenvalue weighted by Gasteiger charge is 2.26. The van der Waals surface area contributed by atoms with E-state index in [1.807, 2.05) is 244 Å². The molecule has 0 unspecified atom stereocenters. The van der Waals surface area contributed by atoms with Crippen LogP contribution in [0, 0.1) is 12.3 Å². The van der Waals surface area contributed by atoms with Crippen LogP contribution in [0.1, 0.15) is 199 Å². The van der Waals surface area contributed by atoms with E-state index in [0.717, 1.165) is 62.0 Å². The molecule has 133 heavy (non-hydrogen) atoms. The van der Waals surface area contributed by atoms with Crippen LogP contribution < -0.4 is 58.1 Å². The van der Waals surface area contributed by atoms with E-state index in [1.54, 1.807) is 114 Å². The number of amides is 6. The second kappa shape index (κ2) is 46.9. The molecule has 6 amide bonds. The number of urea groups is 2. The van der Waals surface area contributed by atoms with Gasteiger partial charge in [-0.25, -0.2) is 49.1 Å². The first-order chi connectivity index (χ1) is 63.1. The van der Waals surface area contributed by atoms with Crippen molar-refractivity contribution < 1.29 is 33.4 Å². The Balaban J connectivity index is 0.000000182. The molecular weight excluding hydrogens is 1680 g/mol. The van der Waals surface area contributed by atoms with Crippen LogP contribution in [0.2, 0.25) is 0 Å². The Hall–Kier alpha value is -15.8. The lowest BCUT2D eigenvalue weighted by Gasteiger charge is -2.28. The standard InChI is InChI=1S/C28H31N5O4.C16H19N3O.C15H15N5O.C15H17N3O.C9H12N4.C9H14N2O.C8H12N2O/c1-18(2)33-17-29-23-24(33)31-27(30-22(34)15-19-9-7-6-8-10-19)32-25(23)36-16-20-11-13-21(14-12-20)37-26(35)28(3,4)5;1-11(2)19-10-12(3)15(18-16(19)20)17-13(4)14-8-6-5-7-9-14;1-10(2)20-9-18-12-13(16-8-17-14(12)20)19-15(21)11-6-4-3-5-7-11;1-11(2)18-10-9-14(17-15(18)19)16-12(3)13-7-5-4-6-8-13;1-6(2)13-5-12-8-7(3)10-4-11-9(8)13;1-6(2)11-5-7(3)8(4)10-9(11)12;1-6(2)10-5-4-7(3)9-8(10)11/h6-14,17-18H,15-16H2,1-5H3,(H,30,31,32,34);5-11H,4H2,1-3H3,(H,17,18,20);3-10H,1-2H3,(H,16,17,19,21);4-11H,3H2,1-2H3,(H,16,17,19);4-6H,3H2,1-2H3,(H,10,11);5-6H,4H2,1-3H3,(H,10,12);4-6H,3H2,1-2H3,(H,9,11). The van der Waals surface area contributed by atoms with E-state index in [2.05, 4.69) is 134 Å². The minimum absolute atomic E-state index is 0.0967. The summed E-state index contributed by atoms with van der Waals surface area (Å²) in [5, 5.41) is 20.0. The summed E-state index contributed by atoms with van der Waals surface area (Å²) >= 11 is 0. The number of benzene rings is 5. The van der Waals surface area contributed by atoms with Gasteiger partial charge in [-0.05, 0) is 196 Å². The van der Waals surface area contributed by atoms with Gasteiger partial charge in [0.05, 0.1) is 42.9 Å². The molecule has 5 aromatic carbocycles. The average Bonchev–Trinajstić information content (AvgIpc) is 1.68. The number of hydrogen-bond donors (Lipinski definition) is 7. The fraction of sp³-hybridized carbons (Fsp3) is 0.290. The summed E-state index contributed by atoms with van der Waals surface area (Å²) in [6.45, 7) is 56.6. The summed E-state index contributed by atoms with van der Waals surface area (Å²) in [4.78, 5) is 129. The number of carbonyl (C=O) groups excluding carboxylic acids is 5. The molecule has 33 nitrogen and oxygen atoms in total. The Kier molecular flexibility index (Phi) is 35.6. The molecular formula is C100H120N24O9. The quantitative estimate of drug-likeness (QED) is 0.0245. The molecule has 0 saturated heterocycles. The maximum Gasteiger partial charge on any atom is 0.349 e. The third kappa shape index (κ3) is 28.6. The Morgan fingerprint density at radius 3 is 1.59 bits per heavy atom. The van der Waals surface area contributed by atoms with Crippen molar-refractivity contribution in [2.45, 2.75) is 187 Å². The number of rotatable bonds is 22. The molecule has 12 aromatic rings. The van der Waals surface area contributed by atoms with Gasteiger partial charge < -0.3 is 55.1 Å². The number of nitrogens with zero attached hydrogens (tertiary/aromatic N) is 17. The minimum atomic E-state index is -0.590. The van der Waals surface area contributed by atoms with Gasteiger partial charge in [0.1, 0.15) is 36.0 Å². The normalized spacial score (nSPS) is 12.5. The zero-order chi connectivity index (χ0) is 97.1. The van der Waals surface area contributed by atoms with Crippen LogP contribution in [0.4, 0.5) is 38.8 Å². The van der Waals surface area contributed by atoms with Crippen molar-refractivity contribution in [2.24, 2.45) is 10.4 Å². The van der Waals surface area contributed by atoms with Crippen LogP contribution in [0.15, 0.2) is 272 Å². The number of nitrogens with one attached hydrogen (secondary N) is 7. The summed E-state index contributed by atoms with van der Waals surface area (Å²) in [7, 11) is 0. The number of anilines is 4. The number of aromatic nitrogens is 14. The van der Waals surface area contributed by atoms with Crippen molar-refractivity contribution in [3.8, 4) is 11.6 Å². The van der Waals surface area contributed by atoms with Crippen molar-refractivity contribution in [1.82, 2.24) is 93.4 Å². The summed E-state index contributed by atoms with van der Waals surface area (Å²) in [5.74, 6) is 2.51. The van der Waals surface area contributed by atoms with E-state index < -0.39 is 5.41 Å². The molecule has 0 fully saturated rings. The number of fused-ring (bicyclic) bond motifs is 3. The maximum absolute atomic E-state index is 12.6. The van der Waals surface area contributed by atoms with Crippen LogP contribution in [0.25, 0.3) is 39.4 Å². The Bertz CT molecular complexity index is 6340. The van der Waals surface area contributed by atoms with E-state index in [1.165, 1.54) is 6.33 Å². The van der Waals surface area contributed by atoms with E-state index in [9.17, 15) is 33.6 Å². The number of ether oxygens (including phenoxy) is 2. The lowest BCUT2D eigenvalue weighted by molar-refractivity contribution is -0.143. The monoisotopic (exact) mass is 1800 g/mol. The molecule has 0 atom stereocenters. The Morgan fingerprint density at radius 2 is 1.03 bits per heavy atom. The third-order valence-electron chi connectivity index (χ3n) is 20.0. The van der Waals surface area contributed by atoms with Crippen molar-refractivity contribution in [3.05, 3.63) is 318 Å². The molecule has 3 aliphatic rings. The predicted octanol–water partition coefficient (Wildman–Crippen LogP) is 18.9. The van der Waals surface area contributed by atoms with E-state index in [4.69, 9.17) is 9.47 Å². The molecule has 0 bridgehead atoms. The molecule has 10 heterocycles. The van der Waals surface area contributed by atoms with Gasteiger partial charge in [0.25, 0.3) is 5.91 Å². The topological polar surface area (TPSA) is 382 Å². The predicted molar refractivity (Wildman–Crippen MR) is 526 cm³/mol. The fourth-order valence-corrected chi connectivity index (χ4v) is 12.4. The van der Waals surface area contributed by atoms with Gasteiger partial charge in [-0.1, -0.05) is 154 Å². The average molecular weight is 1800 g/mol. The number of esters is 1. The van der Waals surface area contributed by atoms with Gasteiger partial charge in [-0.15, -0.1) is 0 Å². The number of hydrogen-bond acceptors (Lipinski definition) is 22. The molecule has 0 aliphatic carbocycles. The van der Waals surface area contributed by atoms with Gasteiger partial charge in [-0.2, -0.15) is 19.9 Å². The van der Waals surface area contributed by atoms with Crippen LogP contribution in [0.5, 0.6) is 11.6 Å².